The fraction of sp³-hybridized carbons (Fsp3) is 0.333. The first-order valence-electron chi connectivity index (χ1n) is 10.6. The van der Waals surface area contributed by atoms with Gasteiger partial charge in [-0.3, -0.25) is 9.88 Å². The van der Waals surface area contributed by atoms with Gasteiger partial charge in [-0.15, -0.1) is 0 Å². The summed E-state index contributed by atoms with van der Waals surface area (Å²) < 4.78 is 38.9. The topological polar surface area (TPSA) is 89.8 Å². The van der Waals surface area contributed by atoms with Crippen LogP contribution >= 0.6 is 0 Å². The van der Waals surface area contributed by atoms with Crippen LogP contribution < -0.4 is 10.1 Å². The first-order valence-corrected chi connectivity index (χ1v) is 10.6. The predicted molar refractivity (Wildman–Crippen MR) is 118 cm³/mol. The van der Waals surface area contributed by atoms with Gasteiger partial charge >= 0.3 is 18.6 Å². The number of methoxy groups -OCH3 is 1. The summed E-state index contributed by atoms with van der Waals surface area (Å²) in [7, 11) is 1.42. The second-order valence-electron chi connectivity index (χ2n) is 8.02. The zero-order valence-electron chi connectivity index (χ0n) is 18.0. The lowest BCUT2D eigenvalue weighted by atomic mass is 10.0. The highest BCUT2D eigenvalue weighted by atomic mass is 19.3. The van der Waals surface area contributed by atoms with Crippen LogP contribution in [-0.4, -0.2) is 34.9 Å². The normalized spacial score (nSPS) is 14.1. The quantitative estimate of drug-likeness (QED) is 0.465. The Morgan fingerprint density at radius 2 is 1.91 bits per heavy atom. The van der Waals surface area contributed by atoms with Crippen LogP contribution in [0.4, 0.5) is 19.3 Å². The van der Waals surface area contributed by atoms with E-state index in [0.717, 1.165) is 30.3 Å². The lowest BCUT2D eigenvalue weighted by Crippen LogP contribution is -2.20. The van der Waals surface area contributed by atoms with Crippen molar-refractivity contribution in [2.24, 2.45) is 0 Å². The summed E-state index contributed by atoms with van der Waals surface area (Å²) in [6.45, 7) is -2.75. The van der Waals surface area contributed by atoms with E-state index >= 15 is 0 Å². The molecule has 1 aliphatic carbocycles. The fourth-order valence-corrected chi connectivity index (χ4v) is 4.24. The van der Waals surface area contributed by atoms with Crippen molar-refractivity contribution in [3.05, 3.63) is 59.3 Å². The van der Waals surface area contributed by atoms with E-state index in [2.05, 4.69) is 5.32 Å². The first-order chi connectivity index (χ1) is 15.9. The number of anilines is 1. The third kappa shape index (κ3) is 4.92. The summed E-state index contributed by atoms with van der Waals surface area (Å²) >= 11 is 0. The van der Waals surface area contributed by atoms with Gasteiger partial charge in [-0.2, -0.15) is 8.78 Å². The number of carboxylic acid groups (broad SMARTS) is 1. The van der Waals surface area contributed by atoms with E-state index in [1.54, 1.807) is 18.2 Å². The van der Waals surface area contributed by atoms with E-state index in [0.29, 0.717) is 33.5 Å². The predicted octanol–water partition coefficient (Wildman–Crippen LogP) is 5.83. The zero-order chi connectivity index (χ0) is 23.5. The maximum absolute atomic E-state index is 13.7. The van der Waals surface area contributed by atoms with Gasteiger partial charge in [0, 0.05) is 23.7 Å². The molecule has 1 saturated carbocycles. The summed E-state index contributed by atoms with van der Waals surface area (Å²) in [6.07, 6.45) is 4.69. The molecule has 1 aromatic heterocycles. The lowest BCUT2D eigenvalue weighted by Gasteiger charge is -2.13. The van der Waals surface area contributed by atoms with E-state index in [4.69, 9.17) is 9.47 Å². The molecule has 2 N–H and O–H groups in total. The molecule has 0 aliphatic heterocycles. The lowest BCUT2D eigenvalue weighted by molar-refractivity contribution is 0.0695. The number of hydrogen-bond acceptors (Lipinski definition) is 4. The Kier molecular flexibility index (Phi) is 6.48. The molecule has 0 saturated heterocycles. The van der Waals surface area contributed by atoms with Crippen LogP contribution in [0.25, 0.3) is 10.9 Å². The van der Waals surface area contributed by atoms with Crippen molar-refractivity contribution in [2.75, 3.05) is 12.4 Å². The van der Waals surface area contributed by atoms with Gasteiger partial charge < -0.3 is 14.6 Å². The molecular weight excluding hydrogens is 434 g/mol. The SMILES string of the molecule is COc1cc(C(=O)O)ccc1Cc1cn(C(F)F)c2ccc(NC(=O)OC3CCCC3)cc12. The van der Waals surface area contributed by atoms with Crippen LogP contribution in [0.5, 0.6) is 5.75 Å². The van der Waals surface area contributed by atoms with Gasteiger partial charge in [0.15, 0.2) is 0 Å². The number of rotatable bonds is 7. The van der Waals surface area contributed by atoms with E-state index < -0.39 is 18.6 Å². The fourth-order valence-electron chi connectivity index (χ4n) is 4.24. The average Bonchev–Trinajstić information content (AvgIpc) is 3.41. The van der Waals surface area contributed by atoms with Gasteiger partial charge in [0.25, 0.3) is 0 Å². The molecule has 0 unspecified atom stereocenters. The Morgan fingerprint density at radius 1 is 1.15 bits per heavy atom. The largest absolute Gasteiger partial charge is 0.496 e. The van der Waals surface area contributed by atoms with Crippen LogP contribution in [0.2, 0.25) is 0 Å². The van der Waals surface area contributed by atoms with Gasteiger partial charge in [0.2, 0.25) is 0 Å². The highest BCUT2D eigenvalue weighted by molar-refractivity contribution is 5.92. The van der Waals surface area contributed by atoms with Crippen molar-refractivity contribution in [1.29, 1.82) is 0 Å². The van der Waals surface area contributed by atoms with E-state index in [1.807, 2.05) is 0 Å². The average molecular weight is 458 g/mol. The van der Waals surface area contributed by atoms with Crippen molar-refractivity contribution in [2.45, 2.75) is 44.8 Å². The van der Waals surface area contributed by atoms with Crippen LogP contribution in [0, 0.1) is 0 Å². The minimum absolute atomic E-state index is 0.0675. The van der Waals surface area contributed by atoms with Crippen molar-refractivity contribution in [3.63, 3.8) is 0 Å². The summed E-state index contributed by atoms with van der Waals surface area (Å²) in [5, 5.41) is 12.4. The summed E-state index contributed by atoms with van der Waals surface area (Å²) in [4.78, 5) is 23.5. The van der Waals surface area contributed by atoms with Gasteiger partial charge in [0.1, 0.15) is 11.9 Å². The number of aromatic nitrogens is 1. The maximum atomic E-state index is 13.7. The maximum Gasteiger partial charge on any atom is 0.411 e. The molecule has 1 aliphatic rings. The first kappa shape index (κ1) is 22.6. The Balaban J connectivity index is 1.65. The number of ether oxygens (including phenoxy) is 2. The number of amides is 1. The Labute approximate surface area is 188 Å². The van der Waals surface area contributed by atoms with Gasteiger partial charge in [-0.25, -0.2) is 9.59 Å². The number of carbonyl (C=O) groups excluding carboxylic acids is 1. The zero-order valence-corrected chi connectivity index (χ0v) is 18.0. The van der Waals surface area contributed by atoms with Crippen LogP contribution in [0.15, 0.2) is 42.6 Å². The number of aromatic carboxylic acids is 1. The number of fused-ring (bicyclic) bond motifs is 1. The number of carbonyl (C=O) groups is 2. The molecule has 1 fully saturated rings. The molecule has 4 rings (SSSR count). The number of nitrogens with one attached hydrogen (secondary N) is 1. The molecule has 33 heavy (non-hydrogen) atoms. The van der Waals surface area contributed by atoms with Gasteiger partial charge in [0.05, 0.1) is 18.2 Å². The number of nitrogens with zero attached hydrogens (tertiary/aromatic N) is 1. The van der Waals surface area contributed by atoms with Gasteiger partial charge in [-0.1, -0.05) is 6.07 Å². The molecule has 0 bridgehead atoms. The molecule has 174 valence electrons. The molecule has 3 aromatic rings. The molecule has 0 radical (unpaired) electrons. The number of benzene rings is 2. The smallest absolute Gasteiger partial charge is 0.411 e. The highest BCUT2D eigenvalue weighted by Gasteiger charge is 2.21. The van der Waals surface area contributed by atoms with E-state index in [1.165, 1.54) is 31.5 Å². The molecule has 9 heteroatoms. The van der Waals surface area contributed by atoms with Crippen molar-refractivity contribution < 1.29 is 33.0 Å². The standard InChI is InChI=1S/C24H24F2N2O5/c1-32-21-11-15(22(29)30)7-6-14(21)10-16-13-28(23(25)26)20-9-8-17(12-19(16)20)27-24(31)33-18-4-2-3-5-18/h6-9,11-13,18,23H,2-5,10H2,1H3,(H,27,31)(H,29,30). The van der Waals surface area contributed by atoms with Crippen molar-refractivity contribution >= 4 is 28.7 Å². The molecule has 1 heterocycles. The van der Waals surface area contributed by atoms with Crippen LogP contribution in [0.1, 0.15) is 53.7 Å². The van der Waals surface area contributed by atoms with Gasteiger partial charge in [-0.05, 0) is 67.1 Å². The number of halogens is 2. The number of alkyl halides is 2. The molecule has 2 aromatic carbocycles. The second-order valence-corrected chi connectivity index (χ2v) is 8.02. The minimum atomic E-state index is -2.75. The third-order valence-corrected chi connectivity index (χ3v) is 5.86. The van der Waals surface area contributed by atoms with E-state index in [-0.39, 0.29) is 18.1 Å². The molecule has 1 amide bonds. The molecule has 7 nitrogen and oxygen atoms in total. The van der Waals surface area contributed by atoms with Crippen LogP contribution in [-0.2, 0) is 11.2 Å². The number of hydrogen-bond donors (Lipinski definition) is 2. The Hall–Kier alpha value is -3.62. The Bertz CT molecular complexity index is 1190. The van der Waals surface area contributed by atoms with Crippen molar-refractivity contribution in [3.8, 4) is 5.75 Å². The molecular formula is C24H24F2N2O5. The second kappa shape index (κ2) is 9.48. The summed E-state index contributed by atoms with van der Waals surface area (Å²) in [5.41, 5.74) is 2.05. The molecule has 0 atom stereocenters. The molecule has 0 spiro atoms. The van der Waals surface area contributed by atoms with Crippen LogP contribution in [0.3, 0.4) is 0 Å². The summed E-state index contributed by atoms with van der Waals surface area (Å²) in [6, 6.07) is 9.17. The Morgan fingerprint density at radius 3 is 2.58 bits per heavy atom. The number of carboxylic acids is 1. The monoisotopic (exact) mass is 458 g/mol. The summed E-state index contributed by atoms with van der Waals surface area (Å²) in [5.74, 6) is -0.739. The minimum Gasteiger partial charge on any atom is -0.496 e. The third-order valence-electron chi connectivity index (χ3n) is 5.86. The van der Waals surface area contributed by atoms with Crippen molar-refractivity contribution in [1.82, 2.24) is 4.57 Å². The van der Waals surface area contributed by atoms with E-state index in [9.17, 15) is 23.5 Å². The highest BCUT2D eigenvalue weighted by Crippen LogP contribution is 2.32.